The highest BCUT2D eigenvalue weighted by Gasteiger charge is 2.14. The Morgan fingerprint density at radius 2 is 1.92 bits per heavy atom. The summed E-state index contributed by atoms with van der Waals surface area (Å²) in [4.78, 5) is 40.5. The van der Waals surface area contributed by atoms with Crippen molar-refractivity contribution in [2.45, 2.75) is 0 Å². The molecule has 0 aliphatic carbocycles. The fourth-order valence-corrected chi connectivity index (χ4v) is 2.83. The highest BCUT2D eigenvalue weighted by atomic mass is 79.9. The molecule has 7 nitrogen and oxygen atoms in total. The Hall–Kier alpha value is -2.81. The Bertz CT molecular complexity index is 1140. The number of aromatic nitrogens is 3. The Kier molecular flexibility index (Phi) is 4.25. The zero-order valence-corrected chi connectivity index (χ0v) is 14.8. The Labute approximate surface area is 148 Å². The third-order valence-electron chi connectivity index (χ3n) is 3.72. The number of fused-ring (bicyclic) bond motifs is 1. The van der Waals surface area contributed by atoms with Crippen LogP contribution < -0.4 is 16.6 Å². The van der Waals surface area contributed by atoms with Crippen LogP contribution in [0.1, 0.15) is 10.4 Å². The number of hydrogen-bond donors (Lipinski definition) is 1. The van der Waals surface area contributed by atoms with Crippen molar-refractivity contribution in [2.75, 3.05) is 5.32 Å². The summed E-state index contributed by atoms with van der Waals surface area (Å²) in [6, 6.07) is 5.17. The molecule has 0 aliphatic heterocycles. The molecule has 0 unspecified atom stereocenters. The molecule has 2 heterocycles. The van der Waals surface area contributed by atoms with Gasteiger partial charge in [-0.3, -0.25) is 18.7 Å². The van der Waals surface area contributed by atoms with Crippen molar-refractivity contribution >= 4 is 38.6 Å². The van der Waals surface area contributed by atoms with Crippen LogP contribution in [0.5, 0.6) is 0 Å². The molecular formula is C16H12BrFN4O3. The van der Waals surface area contributed by atoms with E-state index in [4.69, 9.17) is 0 Å². The Balaban J connectivity index is 2.06. The van der Waals surface area contributed by atoms with Gasteiger partial charge in [0.2, 0.25) is 0 Å². The van der Waals surface area contributed by atoms with Crippen molar-refractivity contribution in [2.24, 2.45) is 14.1 Å². The van der Waals surface area contributed by atoms with E-state index in [-0.39, 0.29) is 22.3 Å². The summed E-state index contributed by atoms with van der Waals surface area (Å²) >= 11 is 3.19. The van der Waals surface area contributed by atoms with Crippen LogP contribution in [0.3, 0.4) is 0 Å². The first kappa shape index (κ1) is 17.0. The van der Waals surface area contributed by atoms with E-state index in [0.717, 1.165) is 10.6 Å². The van der Waals surface area contributed by atoms with E-state index in [9.17, 15) is 18.8 Å². The van der Waals surface area contributed by atoms with E-state index in [1.54, 1.807) is 0 Å². The van der Waals surface area contributed by atoms with Gasteiger partial charge in [0.25, 0.3) is 11.5 Å². The molecule has 128 valence electrons. The minimum atomic E-state index is -0.561. The zero-order valence-electron chi connectivity index (χ0n) is 13.2. The van der Waals surface area contributed by atoms with Crippen LogP contribution in [-0.4, -0.2) is 20.0 Å². The van der Waals surface area contributed by atoms with Crippen molar-refractivity contribution in [1.29, 1.82) is 0 Å². The van der Waals surface area contributed by atoms with Crippen molar-refractivity contribution in [3.8, 4) is 0 Å². The molecule has 1 N–H and O–H groups in total. The SMILES string of the molecule is Cn1c(=O)c2cc(NC(=O)c3cc(F)ccc3Br)cnc2n(C)c1=O. The molecule has 0 atom stereocenters. The van der Waals surface area contributed by atoms with Gasteiger partial charge in [-0.05, 0) is 40.2 Å². The zero-order chi connectivity index (χ0) is 18.3. The molecule has 0 fully saturated rings. The second kappa shape index (κ2) is 6.25. The van der Waals surface area contributed by atoms with Crippen LogP contribution >= 0.6 is 15.9 Å². The molecule has 3 rings (SSSR count). The second-order valence-electron chi connectivity index (χ2n) is 5.38. The summed E-state index contributed by atoms with van der Waals surface area (Å²) in [6.07, 6.45) is 1.33. The van der Waals surface area contributed by atoms with Gasteiger partial charge in [0.05, 0.1) is 22.8 Å². The van der Waals surface area contributed by atoms with Gasteiger partial charge >= 0.3 is 5.69 Å². The number of hydrogen-bond acceptors (Lipinski definition) is 4. The molecule has 0 saturated heterocycles. The summed E-state index contributed by atoms with van der Waals surface area (Å²) in [5.74, 6) is -1.11. The molecule has 0 spiro atoms. The molecular weight excluding hydrogens is 395 g/mol. The van der Waals surface area contributed by atoms with Crippen LogP contribution in [-0.2, 0) is 14.1 Å². The van der Waals surface area contributed by atoms with Gasteiger partial charge in [-0.15, -0.1) is 0 Å². The van der Waals surface area contributed by atoms with Crippen LogP contribution in [0.15, 0.2) is 44.5 Å². The fraction of sp³-hybridized carbons (Fsp3) is 0.125. The molecule has 0 aliphatic rings. The molecule has 3 aromatic rings. The summed E-state index contributed by atoms with van der Waals surface area (Å²) in [5.41, 5.74) is -0.449. The van der Waals surface area contributed by atoms with Crippen molar-refractivity contribution in [3.63, 3.8) is 0 Å². The van der Waals surface area contributed by atoms with Crippen LogP contribution in [0.4, 0.5) is 10.1 Å². The van der Waals surface area contributed by atoms with Crippen LogP contribution in [0.25, 0.3) is 11.0 Å². The first-order chi connectivity index (χ1) is 11.8. The number of benzene rings is 1. The predicted molar refractivity (Wildman–Crippen MR) is 94.3 cm³/mol. The molecule has 2 aromatic heterocycles. The minimum absolute atomic E-state index is 0.105. The van der Waals surface area contributed by atoms with Crippen LogP contribution in [0, 0.1) is 5.82 Å². The maximum Gasteiger partial charge on any atom is 0.332 e. The van der Waals surface area contributed by atoms with Gasteiger partial charge in [-0.1, -0.05) is 0 Å². The van der Waals surface area contributed by atoms with Gasteiger partial charge in [0.15, 0.2) is 0 Å². The molecule has 1 amide bonds. The molecule has 25 heavy (non-hydrogen) atoms. The normalized spacial score (nSPS) is 10.9. The lowest BCUT2D eigenvalue weighted by Crippen LogP contribution is -2.37. The van der Waals surface area contributed by atoms with E-state index in [1.165, 1.54) is 43.1 Å². The minimum Gasteiger partial charge on any atom is -0.321 e. The largest absolute Gasteiger partial charge is 0.332 e. The topological polar surface area (TPSA) is 86.0 Å². The number of aryl methyl sites for hydroxylation is 1. The van der Waals surface area contributed by atoms with E-state index in [0.29, 0.717) is 4.47 Å². The lowest BCUT2D eigenvalue weighted by Gasteiger charge is -2.10. The number of carbonyl (C=O) groups is 1. The Morgan fingerprint density at radius 3 is 2.64 bits per heavy atom. The van der Waals surface area contributed by atoms with E-state index >= 15 is 0 Å². The smallest absolute Gasteiger partial charge is 0.321 e. The summed E-state index contributed by atoms with van der Waals surface area (Å²) in [6.45, 7) is 0. The summed E-state index contributed by atoms with van der Waals surface area (Å²) in [5, 5.41) is 2.75. The van der Waals surface area contributed by atoms with Crippen molar-refractivity contribution < 1.29 is 9.18 Å². The van der Waals surface area contributed by atoms with Crippen molar-refractivity contribution in [3.05, 3.63) is 67.2 Å². The lowest BCUT2D eigenvalue weighted by atomic mass is 10.2. The van der Waals surface area contributed by atoms with E-state index in [1.807, 2.05) is 0 Å². The first-order valence-electron chi connectivity index (χ1n) is 7.12. The molecule has 0 saturated carbocycles. The standard InChI is InChI=1S/C16H12BrFN4O3/c1-21-13-11(15(24)22(2)16(21)25)6-9(7-19-13)20-14(23)10-5-8(18)3-4-12(10)17/h3-7H,1-2H3,(H,20,23). The van der Waals surface area contributed by atoms with Gasteiger partial charge in [0, 0.05) is 18.6 Å². The van der Waals surface area contributed by atoms with Crippen molar-refractivity contribution in [1.82, 2.24) is 14.1 Å². The lowest BCUT2D eigenvalue weighted by molar-refractivity contribution is 0.102. The van der Waals surface area contributed by atoms with E-state index in [2.05, 4.69) is 26.2 Å². The number of carbonyl (C=O) groups excluding carboxylic acids is 1. The first-order valence-corrected chi connectivity index (χ1v) is 7.91. The maximum absolute atomic E-state index is 13.3. The maximum atomic E-state index is 13.3. The summed E-state index contributed by atoms with van der Waals surface area (Å²) < 4.78 is 16.0. The molecule has 1 aromatic carbocycles. The second-order valence-corrected chi connectivity index (χ2v) is 6.23. The number of anilines is 1. The highest BCUT2D eigenvalue weighted by Crippen LogP contribution is 2.20. The number of rotatable bonds is 2. The molecule has 9 heteroatoms. The van der Waals surface area contributed by atoms with Gasteiger partial charge < -0.3 is 5.32 Å². The molecule has 0 bridgehead atoms. The third kappa shape index (κ3) is 2.98. The number of amides is 1. The van der Waals surface area contributed by atoms with Gasteiger partial charge in [-0.2, -0.15) is 0 Å². The fourth-order valence-electron chi connectivity index (χ4n) is 2.40. The predicted octanol–water partition coefficient (Wildman–Crippen LogP) is 1.79. The van der Waals surface area contributed by atoms with Crippen LogP contribution in [0.2, 0.25) is 0 Å². The average Bonchev–Trinajstić information content (AvgIpc) is 2.60. The summed E-state index contributed by atoms with van der Waals surface area (Å²) in [7, 11) is 2.86. The highest BCUT2D eigenvalue weighted by molar-refractivity contribution is 9.10. The number of nitrogens with one attached hydrogen (secondary N) is 1. The monoisotopic (exact) mass is 406 g/mol. The number of pyridine rings is 1. The Morgan fingerprint density at radius 1 is 1.20 bits per heavy atom. The third-order valence-corrected chi connectivity index (χ3v) is 4.42. The van der Waals surface area contributed by atoms with Gasteiger partial charge in [0.1, 0.15) is 11.5 Å². The molecule has 0 radical (unpaired) electrons. The number of halogens is 2. The average molecular weight is 407 g/mol. The van der Waals surface area contributed by atoms with E-state index < -0.39 is 23.0 Å². The van der Waals surface area contributed by atoms with Gasteiger partial charge in [-0.25, -0.2) is 14.2 Å². The number of nitrogens with zero attached hydrogens (tertiary/aromatic N) is 3. The quantitative estimate of drug-likeness (QED) is 0.702.